The molecule has 0 spiro atoms. The topological polar surface area (TPSA) is 33.1 Å². The summed E-state index contributed by atoms with van der Waals surface area (Å²) < 4.78 is 2.26. The van der Waals surface area contributed by atoms with Gasteiger partial charge in [-0.3, -0.25) is 0 Å². The Kier molecular flexibility index (Phi) is 3.55. The number of nitrogens with one attached hydrogen (secondary N) is 1. The van der Waals surface area contributed by atoms with E-state index in [2.05, 4.69) is 33.0 Å². The van der Waals surface area contributed by atoms with E-state index in [0.717, 1.165) is 25.1 Å². The Labute approximate surface area is 109 Å². The summed E-state index contributed by atoms with van der Waals surface area (Å²) in [6.45, 7) is 2.17. The maximum Gasteiger partial charge on any atom is 0.203 e. The van der Waals surface area contributed by atoms with Gasteiger partial charge in [0.1, 0.15) is 0 Å². The number of anilines is 1. The van der Waals surface area contributed by atoms with Crippen LogP contribution < -0.4 is 5.32 Å². The fraction of sp³-hybridized carbons (Fsp3) is 0.786. The van der Waals surface area contributed by atoms with Crippen LogP contribution in [-0.4, -0.2) is 40.1 Å². The van der Waals surface area contributed by atoms with E-state index < -0.39 is 0 Å². The minimum absolute atomic E-state index is 0.646. The monoisotopic (exact) mass is 248 g/mol. The number of nitrogens with zero attached hydrogens (tertiary/aromatic N) is 3. The molecule has 2 fully saturated rings. The van der Waals surface area contributed by atoms with Gasteiger partial charge in [0, 0.05) is 37.6 Å². The van der Waals surface area contributed by atoms with Crippen LogP contribution in [0, 0.1) is 0 Å². The van der Waals surface area contributed by atoms with Crippen molar-refractivity contribution in [3.8, 4) is 0 Å². The van der Waals surface area contributed by atoms with Gasteiger partial charge in [-0.25, -0.2) is 4.98 Å². The van der Waals surface area contributed by atoms with Gasteiger partial charge in [-0.15, -0.1) is 0 Å². The Morgan fingerprint density at radius 3 is 2.83 bits per heavy atom. The lowest BCUT2D eigenvalue weighted by atomic mass is 10.2. The predicted octanol–water partition coefficient (Wildman–Crippen LogP) is 2.33. The summed E-state index contributed by atoms with van der Waals surface area (Å²) in [6, 6.07) is 1.49. The van der Waals surface area contributed by atoms with Crippen molar-refractivity contribution in [2.75, 3.05) is 18.9 Å². The lowest BCUT2D eigenvalue weighted by molar-refractivity contribution is 0.309. The van der Waals surface area contributed by atoms with Gasteiger partial charge in [-0.2, -0.15) is 0 Å². The smallest absolute Gasteiger partial charge is 0.203 e. The van der Waals surface area contributed by atoms with Crippen molar-refractivity contribution in [2.24, 2.45) is 0 Å². The highest BCUT2D eigenvalue weighted by molar-refractivity contribution is 5.27. The molecule has 0 unspecified atom stereocenters. The Hall–Kier alpha value is -1.03. The van der Waals surface area contributed by atoms with Crippen LogP contribution in [0.15, 0.2) is 12.4 Å². The van der Waals surface area contributed by atoms with Crippen molar-refractivity contribution in [2.45, 2.75) is 57.2 Å². The molecule has 0 bridgehead atoms. The molecule has 1 heterocycles. The molecule has 2 saturated carbocycles. The molecule has 0 saturated heterocycles. The normalized spacial score (nSPS) is 20.8. The Bertz CT molecular complexity index is 377. The van der Waals surface area contributed by atoms with Gasteiger partial charge in [-0.05, 0) is 32.7 Å². The molecule has 0 aromatic carbocycles. The van der Waals surface area contributed by atoms with Crippen LogP contribution in [0.25, 0.3) is 0 Å². The zero-order chi connectivity index (χ0) is 12.4. The highest BCUT2D eigenvalue weighted by atomic mass is 15.2. The number of imidazole rings is 1. The SMILES string of the molecule is CN(CCn1ccnc1NC1CCCC1)C1CC1. The van der Waals surface area contributed by atoms with Crippen molar-refractivity contribution < 1.29 is 0 Å². The first-order chi connectivity index (χ1) is 8.83. The van der Waals surface area contributed by atoms with Crippen molar-refractivity contribution in [3.05, 3.63) is 12.4 Å². The number of rotatable bonds is 6. The molecular weight excluding hydrogens is 224 g/mol. The third kappa shape index (κ3) is 2.86. The highest BCUT2D eigenvalue weighted by Gasteiger charge is 2.25. The number of hydrogen-bond donors (Lipinski definition) is 1. The molecular formula is C14H24N4. The molecule has 2 aliphatic carbocycles. The van der Waals surface area contributed by atoms with E-state index in [1.165, 1.54) is 38.5 Å². The zero-order valence-electron chi connectivity index (χ0n) is 11.3. The third-order valence-corrected chi connectivity index (χ3v) is 4.27. The first kappa shape index (κ1) is 12.0. The number of likely N-dealkylation sites (N-methyl/N-ethyl adjacent to an activating group) is 1. The van der Waals surface area contributed by atoms with Gasteiger partial charge in [0.25, 0.3) is 0 Å². The third-order valence-electron chi connectivity index (χ3n) is 4.27. The average Bonchev–Trinajstić information content (AvgIpc) is 2.93. The Morgan fingerprint density at radius 2 is 2.11 bits per heavy atom. The highest BCUT2D eigenvalue weighted by Crippen LogP contribution is 2.25. The lowest BCUT2D eigenvalue weighted by Crippen LogP contribution is -2.26. The summed E-state index contributed by atoms with van der Waals surface area (Å²) in [7, 11) is 2.23. The lowest BCUT2D eigenvalue weighted by Gasteiger charge is -2.18. The van der Waals surface area contributed by atoms with Crippen molar-refractivity contribution in [3.63, 3.8) is 0 Å². The molecule has 2 aliphatic rings. The van der Waals surface area contributed by atoms with Crippen LogP contribution in [0.4, 0.5) is 5.95 Å². The summed E-state index contributed by atoms with van der Waals surface area (Å²) >= 11 is 0. The van der Waals surface area contributed by atoms with Gasteiger partial charge in [0.15, 0.2) is 0 Å². The van der Waals surface area contributed by atoms with E-state index in [0.29, 0.717) is 6.04 Å². The summed E-state index contributed by atoms with van der Waals surface area (Å²) in [4.78, 5) is 6.92. The fourth-order valence-electron chi connectivity index (χ4n) is 2.85. The van der Waals surface area contributed by atoms with Crippen LogP contribution >= 0.6 is 0 Å². The zero-order valence-corrected chi connectivity index (χ0v) is 11.3. The molecule has 0 radical (unpaired) electrons. The first-order valence-corrected chi connectivity index (χ1v) is 7.31. The molecule has 0 aliphatic heterocycles. The van der Waals surface area contributed by atoms with Gasteiger partial charge in [0.05, 0.1) is 0 Å². The van der Waals surface area contributed by atoms with E-state index in [1.54, 1.807) is 0 Å². The van der Waals surface area contributed by atoms with Crippen molar-refractivity contribution in [1.29, 1.82) is 0 Å². The molecule has 1 aromatic rings. The second-order valence-electron chi connectivity index (χ2n) is 5.78. The molecule has 1 N–H and O–H groups in total. The van der Waals surface area contributed by atoms with Crippen molar-refractivity contribution in [1.82, 2.24) is 14.5 Å². The molecule has 18 heavy (non-hydrogen) atoms. The van der Waals surface area contributed by atoms with E-state index in [-0.39, 0.29) is 0 Å². The van der Waals surface area contributed by atoms with Gasteiger partial charge in [-0.1, -0.05) is 12.8 Å². The minimum Gasteiger partial charge on any atom is -0.353 e. The maximum atomic E-state index is 4.45. The van der Waals surface area contributed by atoms with Crippen LogP contribution in [-0.2, 0) is 6.54 Å². The predicted molar refractivity (Wildman–Crippen MR) is 73.8 cm³/mol. The molecule has 100 valence electrons. The Balaban J connectivity index is 1.53. The molecule has 0 atom stereocenters. The summed E-state index contributed by atoms with van der Waals surface area (Å²) in [5.41, 5.74) is 0. The van der Waals surface area contributed by atoms with E-state index in [9.17, 15) is 0 Å². The quantitative estimate of drug-likeness (QED) is 0.839. The van der Waals surface area contributed by atoms with Crippen molar-refractivity contribution >= 4 is 5.95 Å². The summed E-state index contributed by atoms with van der Waals surface area (Å²) in [5.74, 6) is 1.06. The molecule has 0 amide bonds. The van der Waals surface area contributed by atoms with Crippen LogP contribution in [0.5, 0.6) is 0 Å². The van der Waals surface area contributed by atoms with Crippen LogP contribution in [0.3, 0.4) is 0 Å². The molecule has 3 rings (SSSR count). The van der Waals surface area contributed by atoms with Gasteiger partial charge in [0.2, 0.25) is 5.95 Å². The second kappa shape index (κ2) is 5.31. The second-order valence-corrected chi connectivity index (χ2v) is 5.78. The number of hydrogen-bond acceptors (Lipinski definition) is 3. The Morgan fingerprint density at radius 1 is 1.33 bits per heavy atom. The largest absolute Gasteiger partial charge is 0.353 e. The summed E-state index contributed by atoms with van der Waals surface area (Å²) in [5, 5.41) is 3.59. The van der Waals surface area contributed by atoms with E-state index >= 15 is 0 Å². The molecule has 1 aromatic heterocycles. The van der Waals surface area contributed by atoms with Crippen LogP contribution in [0.2, 0.25) is 0 Å². The average molecular weight is 248 g/mol. The van der Waals surface area contributed by atoms with Gasteiger partial charge < -0.3 is 14.8 Å². The minimum atomic E-state index is 0.646. The standard InChI is InChI=1S/C14H24N4/c1-17(13-6-7-13)10-11-18-9-8-15-14(18)16-12-4-2-3-5-12/h8-9,12-13H,2-7,10-11H2,1H3,(H,15,16). The molecule has 4 heteroatoms. The maximum absolute atomic E-state index is 4.45. The number of aromatic nitrogens is 2. The fourth-order valence-corrected chi connectivity index (χ4v) is 2.85. The first-order valence-electron chi connectivity index (χ1n) is 7.31. The van der Waals surface area contributed by atoms with E-state index in [4.69, 9.17) is 0 Å². The molecule has 4 nitrogen and oxygen atoms in total. The van der Waals surface area contributed by atoms with E-state index in [1.807, 2.05) is 6.20 Å². The van der Waals surface area contributed by atoms with Crippen LogP contribution in [0.1, 0.15) is 38.5 Å². The van der Waals surface area contributed by atoms with Gasteiger partial charge >= 0.3 is 0 Å². The summed E-state index contributed by atoms with van der Waals surface area (Å²) in [6.07, 6.45) is 12.1.